The average molecular weight is 293 g/mol. The summed E-state index contributed by atoms with van der Waals surface area (Å²) in [6.45, 7) is 5.42. The maximum Gasteiger partial charge on any atom is 0.310 e. The molecule has 0 aromatic carbocycles. The molecule has 0 aliphatic carbocycles. The Bertz CT molecular complexity index is 547. The van der Waals surface area contributed by atoms with Crippen LogP contribution in [-0.4, -0.2) is 52.4 Å². The van der Waals surface area contributed by atoms with Crippen molar-refractivity contribution in [3.8, 4) is 0 Å². The van der Waals surface area contributed by atoms with Gasteiger partial charge in [-0.05, 0) is 19.9 Å². The fraction of sp³-hybridized carbons (Fsp3) is 0.538. The van der Waals surface area contributed by atoms with Crippen LogP contribution in [0.15, 0.2) is 18.5 Å². The van der Waals surface area contributed by atoms with Gasteiger partial charge in [0.2, 0.25) is 5.91 Å². The Balaban J connectivity index is 2.09. The van der Waals surface area contributed by atoms with Gasteiger partial charge in [-0.2, -0.15) is 0 Å². The highest BCUT2D eigenvalue weighted by atomic mass is 16.6. The van der Waals surface area contributed by atoms with E-state index < -0.39 is 10.5 Å². The minimum absolute atomic E-state index is 0.0172. The van der Waals surface area contributed by atoms with Crippen molar-refractivity contribution in [1.29, 1.82) is 0 Å². The van der Waals surface area contributed by atoms with Crippen LogP contribution in [-0.2, 0) is 4.79 Å². The molecule has 1 aliphatic heterocycles. The van der Waals surface area contributed by atoms with Gasteiger partial charge in [-0.15, -0.1) is 0 Å². The van der Waals surface area contributed by atoms with Crippen LogP contribution in [0.1, 0.15) is 13.8 Å². The van der Waals surface area contributed by atoms with Crippen LogP contribution in [0, 0.1) is 10.1 Å². The highest BCUT2D eigenvalue weighted by molar-refractivity contribution is 5.85. The number of amides is 1. The SMILES string of the molecule is CC(C)(N)C(=O)N1CCN(c2ccncc2[N+](=O)[O-])CC1. The molecule has 0 atom stereocenters. The zero-order chi connectivity index (χ0) is 15.6. The topological polar surface area (TPSA) is 106 Å². The van der Waals surface area contributed by atoms with Crippen molar-refractivity contribution < 1.29 is 9.72 Å². The molecule has 1 aliphatic rings. The third-order valence-corrected chi connectivity index (χ3v) is 3.43. The summed E-state index contributed by atoms with van der Waals surface area (Å²) < 4.78 is 0. The first-order valence-electron chi connectivity index (χ1n) is 6.72. The third-order valence-electron chi connectivity index (χ3n) is 3.43. The van der Waals surface area contributed by atoms with E-state index in [2.05, 4.69) is 4.98 Å². The first-order chi connectivity index (χ1) is 9.80. The number of aromatic nitrogens is 1. The fourth-order valence-corrected chi connectivity index (χ4v) is 2.34. The van der Waals surface area contributed by atoms with E-state index in [-0.39, 0.29) is 11.6 Å². The van der Waals surface area contributed by atoms with Crippen LogP contribution in [0.5, 0.6) is 0 Å². The smallest absolute Gasteiger partial charge is 0.310 e. The molecule has 2 heterocycles. The molecule has 21 heavy (non-hydrogen) atoms. The molecular formula is C13H19N5O3. The normalized spacial score (nSPS) is 16.0. The summed E-state index contributed by atoms with van der Waals surface area (Å²) >= 11 is 0. The minimum Gasteiger partial charge on any atom is -0.362 e. The number of pyridine rings is 1. The standard InChI is InChI=1S/C13H19N5O3/c1-13(2,14)12(19)17-7-5-16(6-8-17)10-3-4-15-9-11(10)18(20)21/h3-4,9H,5-8,14H2,1-2H3. The van der Waals surface area contributed by atoms with Crippen LogP contribution < -0.4 is 10.6 Å². The summed E-state index contributed by atoms with van der Waals surface area (Å²) in [4.78, 5) is 30.1. The maximum atomic E-state index is 12.1. The highest BCUT2D eigenvalue weighted by Gasteiger charge is 2.31. The van der Waals surface area contributed by atoms with Crippen molar-refractivity contribution in [3.05, 3.63) is 28.6 Å². The van der Waals surface area contributed by atoms with Crippen molar-refractivity contribution in [3.63, 3.8) is 0 Å². The van der Waals surface area contributed by atoms with Crippen molar-refractivity contribution in [2.75, 3.05) is 31.1 Å². The van der Waals surface area contributed by atoms with E-state index in [0.717, 1.165) is 0 Å². The molecular weight excluding hydrogens is 274 g/mol. The number of carbonyl (C=O) groups is 1. The highest BCUT2D eigenvalue weighted by Crippen LogP contribution is 2.27. The van der Waals surface area contributed by atoms with E-state index in [0.29, 0.717) is 31.9 Å². The summed E-state index contributed by atoms with van der Waals surface area (Å²) in [5.74, 6) is -0.105. The van der Waals surface area contributed by atoms with Gasteiger partial charge in [-0.1, -0.05) is 0 Å². The van der Waals surface area contributed by atoms with Gasteiger partial charge in [0.1, 0.15) is 11.9 Å². The molecule has 1 aromatic rings. The lowest BCUT2D eigenvalue weighted by Gasteiger charge is -2.38. The second kappa shape index (κ2) is 5.65. The Labute approximate surface area is 122 Å². The van der Waals surface area contributed by atoms with E-state index in [1.54, 1.807) is 24.8 Å². The van der Waals surface area contributed by atoms with Gasteiger partial charge in [0.15, 0.2) is 0 Å². The number of nitro groups is 1. The van der Waals surface area contributed by atoms with Crippen LogP contribution in [0.4, 0.5) is 11.4 Å². The van der Waals surface area contributed by atoms with E-state index in [1.165, 1.54) is 12.4 Å². The van der Waals surface area contributed by atoms with E-state index in [4.69, 9.17) is 5.73 Å². The Morgan fingerprint density at radius 3 is 2.52 bits per heavy atom. The lowest BCUT2D eigenvalue weighted by Crippen LogP contribution is -2.57. The monoisotopic (exact) mass is 293 g/mol. The van der Waals surface area contributed by atoms with E-state index >= 15 is 0 Å². The molecule has 0 bridgehead atoms. The Kier molecular flexibility index (Phi) is 4.08. The van der Waals surface area contributed by atoms with Crippen LogP contribution >= 0.6 is 0 Å². The second-order valence-corrected chi connectivity index (χ2v) is 5.62. The van der Waals surface area contributed by atoms with E-state index in [9.17, 15) is 14.9 Å². The van der Waals surface area contributed by atoms with Gasteiger partial charge in [0.05, 0.1) is 10.5 Å². The fourth-order valence-electron chi connectivity index (χ4n) is 2.34. The summed E-state index contributed by atoms with van der Waals surface area (Å²) in [5.41, 5.74) is 5.44. The Morgan fingerprint density at radius 2 is 2.00 bits per heavy atom. The zero-order valence-electron chi connectivity index (χ0n) is 12.2. The number of nitrogens with zero attached hydrogens (tertiary/aromatic N) is 4. The molecule has 1 aromatic heterocycles. The van der Waals surface area contributed by atoms with Crippen molar-refractivity contribution >= 4 is 17.3 Å². The predicted octanol–water partition coefficient (Wildman–Crippen LogP) is 0.376. The lowest BCUT2D eigenvalue weighted by atomic mass is 10.0. The molecule has 0 spiro atoms. The van der Waals surface area contributed by atoms with Gasteiger partial charge in [0.25, 0.3) is 0 Å². The largest absolute Gasteiger partial charge is 0.362 e. The van der Waals surface area contributed by atoms with Crippen molar-refractivity contribution in [2.45, 2.75) is 19.4 Å². The summed E-state index contributed by atoms with van der Waals surface area (Å²) in [7, 11) is 0. The third kappa shape index (κ3) is 3.27. The number of piperazine rings is 1. The van der Waals surface area contributed by atoms with Gasteiger partial charge < -0.3 is 15.5 Å². The molecule has 1 saturated heterocycles. The summed E-state index contributed by atoms with van der Waals surface area (Å²) in [5, 5.41) is 11.0. The molecule has 0 unspecified atom stereocenters. The number of nitrogens with two attached hydrogens (primary N) is 1. The van der Waals surface area contributed by atoms with Crippen LogP contribution in [0.25, 0.3) is 0 Å². The predicted molar refractivity (Wildman–Crippen MR) is 78.0 cm³/mol. The zero-order valence-corrected chi connectivity index (χ0v) is 12.2. The Morgan fingerprint density at radius 1 is 1.38 bits per heavy atom. The molecule has 0 saturated carbocycles. The van der Waals surface area contributed by atoms with Crippen LogP contribution in [0.3, 0.4) is 0 Å². The number of anilines is 1. The van der Waals surface area contributed by atoms with Gasteiger partial charge >= 0.3 is 5.69 Å². The van der Waals surface area contributed by atoms with Gasteiger partial charge in [-0.3, -0.25) is 19.9 Å². The first kappa shape index (κ1) is 15.2. The number of hydrogen-bond donors (Lipinski definition) is 1. The Hall–Kier alpha value is -2.22. The summed E-state index contributed by atoms with van der Waals surface area (Å²) in [6, 6.07) is 1.63. The van der Waals surface area contributed by atoms with Crippen LogP contribution in [0.2, 0.25) is 0 Å². The second-order valence-electron chi connectivity index (χ2n) is 5.62. The minimum atomic E-state index is -0.898. The number of hydrogen-bond acceptors (Lipinski definition) is 6. The molecule has 2 rings (SSSR count). The molecule has 114 valence electrons. The molecule has 0 radical (unpaired) electrons. The maximum absolute atomic E-state index is 12.1. The first-order valence-corrected chi connectivity index (χ1v) is 6.72. The summed E-state index contributed by atoms with van der Waals surface area (Å²) in [6.07, 6.45) is 2.78. The van der Waals surface area contributed by atoms with Crippen molar-refractivity contribution in [1.82, 2.24) is 9.88 Å². The molecule has 8 nitrogen and oxygen atoms in total. The average Bonchev–Trinajstić information content (AvgIpc) is 2.45. The molecule has 8 heteroatoms. The van der Waals surface area contributed by atoms with E-state index in [1.807, 2.05) is 4.90 Å². The number of rotatable bonds is 3. The lowest BCUT2D eigenvalue weighted by molar-refractivity contribution is -0.384. The molecule has 1 fully saturated rings. The number of carbonyl (C=O) groups excluding carboxylic acids is 1. The molecule has 2 N–H and O–H groups in total. The van der Waals surface area contributed by atoms with Gasteiger partial charge in [-0.25, -0.2) is 0 Å². The van der Waals surface area contributed by atoms with Crippen molar-refractivity contribution in [2.24, 2.45) is 5.73 Å². The van der Waals surface area contributed by atoms with Gasteiger partial charge in [0, 0.05) is 32.4 Å². The quantitative estimate of drug-likeness (QED) is 0.638. The molecule has 1 amide bonds.